The lowest BCUT2D eigenvalue weighted by atomic mass is 10.0. The molecular formula is C13H8Cl4O. The lowest BCUT2D eigenvalue weighted by Crippen LogP contribution is -1.90. The average Bonchev–Trinajstić information content (AvgIpc) is 2.33. The lowest BCUT2D eigenvalue weighted by Gasteiger charge is -2.12. The van der Waals surface area contributed by atoms with E-state index < -0.39 is 0 Å². The molecule has 94 valence electrons. The zero-order valence-corrected chi connectivity index (χ0v) is 12.3. The topological polar surface area (TPSA) is 9.23 Å². The number of hydrogen-bond donors (Lipinski definition) is 0. The molecule has 2 aromatic carbocycles. The van der Waals surface area contributed by atoms with Crippen LogP contribution in [-0.4, -0.2) is 7.11 Å². The minimum absolute atomic E-state index is 0.390. The molecule has 0 radical (unpaired) electrons. The fraction of sp³-hybridized carbons (Fsp3) is 0.0769. The lowest BCUT2D eigenvalue weighted by molar-refractivity contribution is 0.416. The molecule has 2 aromatic rings. The summed E-state index contributed by atoms with van der Waals surface area (Å²) in [5, 5.41) is 1.81. The van der Waals surface area contributed by atoms with Crippen molar-refractivity contribution in [2.75, 3.05) is 7.11 Å². The molecule has 0 fully saturated rings. The molecule has 0 bridgehead atoms. The van der Waals surface area contributed by atoms with Gasteiger partial charge in [-0.3, -0.25) is 0 Å². The number of halogens is 4. The number of rotatable bonds is 2. The quantitative estimate of drug-likeness (QED) is 0.618. The van der Waals surface area contributed by atoms with Crippen LogP contribution in [0.5, 0.6) is 5.75 Å². The van der Waals surface area contributed by atoms with Gasteiger partial charge in [-0.15, -0.1) is 0 Å². The zero-order chi connectivity index (χ0) is 13.3. The van der Waals surface area contributed by atoms with E-state index in [9.17, 15) is 0 Å². The van der Waals surface area contributed by atoms with Gasteiger partial charge >= 0.3 is 0 Å². The van der Waals surface area contributed by atoms with Gasteiger partial charge in [-0.25, -0.2) is 0 Å². The summed E-state index contributed by atoms with van der Waals surface area (Å²) in [6.45, 7) is 0. The van der Waals surface area contributed by atoms with Gasteiger partial charge in [0.2, 0.25) is 0 Å². The molecular weight excluding hydrogens is 314 g/mol. The normalized spacial score (nSPS) is 10.5. The van der Waals surface area contributed by atoms with E-state index >= 15 is 0 Å². The van der Waals surface area contributed by atoms with Gasteiger partial charge in [0.05, 0.1) is 22.2 Å². The van der Waals surface area contributed by atoms with Gasteiger partial charge in [0.1, 0.15) is 5.75 Å². The van der Waals surface area contributed by atoms with Gasteiger partial charge < -0.3 is 4.74 Å². The summed E-state index contributed by atoms with van der Waals surface area (Å²) in [6.07, 6.45) is 0. The van der Waals surface area contributed by atoms with Crippen molar-refractivity contribution in [3.8, 4) is 16.9 Å². The first-order valence-electron chi connectivity index (χ1n) is 5.02. The van der Waals surface area contributed by atoms with E-state index in [1.54, 1.807) is 25.3 Å². The maximum atomic E-state index is 6.19. The summed E-state index contributed by atoms with van der Waals surface area (Å²) in [5.74, 6) is 0.541. The molecule has 0 aromatic heterocycles. The standard InChI is InChI=1S/C13H8Cl4O/c1-18-13-8(3-2-4-10(13)15)9-5-7(14)6-11(16)12(9)17/h2-6H,1H3. The summed E-state index contributed by atoms with van der Waals surface area (Å²) in [6, 6.07) is 8.71. The van der Waals surface area contributed by atoms with E-state index in [1.165, 1.54) is 0 Å². The molecule has 0 unspecified atom stereocenters. The molecule has 0 spiro atoms. The fourth-order valence-corrected chi connectivity index (χ4v) is 2.64. The Balaban J connectivity index is 2.73. The minimum Gasteiger partial charge on any atom is -0.495 e. The van der Waals surface area contributed by atoms with Crippen LogP contribution >= 0.6 is 46.4 Å². The predicted molar refractivity (Wildman–Crippen MR) is 78.5 cm³/mol. The first-order valence-corrected chi connectivity index (χ1v) is 6.53. The number of hydrogen-bond acceptors (Lipinski definition) is 1. The highest BCUT2D eigenvalue weighted by molar-refractivity contribution is 6.45. The fourth-order valence-electron chi connectivity index (χ4n) is 1.68. The Hall–Kier alpha value is -0.600. The van der Waals surface area contributed by atoms with E-state index in [2.05, 4.69) is 0 Å². The molecule has 0 atom stereocenters. The van der Waals surface area contributed by atoms with Gasteiger partial charge in [-0.2, -0.15) is 0 Å². The highest BCUT2D eigenvalue weighted by Crippen LogP contribution is 2.42. The number of para-hydroxylation sites is 1. The summed E-state index contributed by atoms with van der Waals surface area (Å²) in [7, 11) is 1.55. The van der Waals surface area contributed by atoms with Crippen molar-refractivity contribution in [1.82, 2.24) is 0 Å². The zero-order valence-electron chi connectivity index (χ0n) is 9.31. The molecule has 0 saturated heterocycles. The molecule has 0 N–H and O–H groups in total. The van der Waals surface area contributed by atoms with Gasteiger partial charge in [0.15, 0.2) is 0 Å². The van der Waals surface area contributed by atoms with Crippen LogP contribution in [0, 0.1) is 0 Å². The molecule has 0 heterocycles. The SMILES string of the molecule is COc1c(Cl)cccc1-c1cc(Cl)cc(Cl)c1Cl. The third-order valence-electron chi connectivity index (χ3n) is 2.45. The average molecular weight is 322 g/mol. The Morgan fingerprint density at radius 2 is 1.61 bits per heavy atom. The third-order valence-corrected chi connectivity index (χ3v) is 3.77. The first-order chi connectivity index (χ1) is 8.54. The Bertz CT molecular complexity index is 596. The van der Waals surface area contributed by atoms with E-state index in [1.807, 2.05) is 12.1 Å². The minimum atomic E-state index is 0.390. The Kier molecular flexibility index (Phi) is 4.29. The van der Waals surface area contributed by atoms with Gasteiger partial charge in [-0.1, -0.05) is 58.5 Å². The summed E-state index contributed by atoms with van der Waals surface area (Å²) in [4.78, 5) is 0. The molecule has 0 aliphatic carbocycles. The van der Waals surface area contributed by atoms with Crippen molar-refractivity contribution >= 4 is 46.4 Å². The maximum absolute atomic E-state index is 6.19. The van der Waals surface area contributed by atoms with Crippen LogP contribution in [0.15, 0.2) is 30.3 Å². The molecule has 0 aliphatic heterocycles. The van der Waals surface area contributed by atoms with Crippen LogP contribution in [0.4, 0.5) is 0 Å². The molecule has 0 amide bonds. The van der Waals surface area contributed by atoms with Gasteiger partial charge in [0, 0.05) is 16.1 Å². The van der Waals surface area contributed by atoms with Crippen molar-refractivity contribution in [2.24, 2.45) is 0 Å². The molecule has 18 heavy (non-hydrogen) atoms. The van der Waals surface area contributed by atoms with Crippen molar-refractivity contribution in [1.29, 1.82) is 0 Å². The van der Waals surface area contributed by atoms with Crippen molar-refractivity contribution in [3.63, 3.8) is 0 Å². The van der Waals surface area contributed by atoms with E-state index in [0.29, 0.717) is 31.4 Å². The number of ether oxygens (including phenoxy) is 1. The van der Waals surface area contributed by atoms with E-state index in [0.717, 1.165) is 5.56 Å². The summed E-state index contributed by atoms with van der Waals surface area (Å²) in [5.41, 5.74) is 1.44. The second kappa shape index (κ2) is 5.58. The third kappa shape index (κ3) is 2.55. The van der Waals surface area contributed by atoms with Crippen molar-refractivity contribution in [2.45, 2.75) is 0 Å². The Morgan fingerprint density at radius 1 is 0.889 bits per heavy atom. The van der Waals surface area contributed by atoms with Crippen molar-refractivity contribution < 1.29 is 4.74 Å². The smallest absolute Gasteiger partial charge is 0.145 e. The predicted octanol–water partition coefficient (Wildman–Crippen LogP) is 5.98. The van der Waals surface area contributed by atoms with Crippen LogP contribution in [-0.2, 0) is 0 Å². The molecule has 0 aliphatic rings. The van der Waals surface area contributed by atoms with Crippen LogP contribution < -0.4 is 4.74 Å². The number of benzene rings is 2. The van der Waals surface area contributed by atoms with E-state index in [4.69, 9.17) is 51.1 Å². The second-order valence-corrected chi connectivity index (χ2v) is 5.20. The first kappa shape index (κ1) is 13.8. The highest BCUT2D eigenvalue weighted by Gasteiger charge is 2.15. The molecule has 2 rings (SSSR count). The second-order valence-electron chi connectivity index (χ2n) is 3.57. The van der Waals surface area contributed by atoms with Gasteiger partial charge in [0.25, 0.3) is 0 Å². The monoisotopic (exact) mass is 320 g/mol. The van der Waals surface area contributed by atoms with Crippen LogP contribution in [0.2, 0.25) is 20.1 Å². The number of methoxy groups -OCH3 is 1. The Labute approximate surface area is 125 Å². The molecule has 0 saturated carbocycles. The largest absolute Gasteiger partial charge is 0.495 e. The van der Waals surface area contributed by atoms with E-state index in [-0.39, 0.29) is 0 Å². The van der Waals surface area contributed by atoms with Gasteiger partial charge in [-0.05, 0) is 18.2 Å². The molecule has 1 nitrogen and oxygen atoms in total. The van der Waals surface area contributed by atoms with Crippen molar-refractivity contribution in [3.05, 3.63) is 50.4 Å². The molecule has 5 heteroatoms. The highest BCUT2D eigenvalue weighted by atomic mass is 35.5. The van der Waals surface area contributed by atoms with Crippen LogP contribution in [0.25, 0.3) is 11.1 Å². The maximum Gasteiger partial charge on any atom is 0.145 e. The van der Waals surface area contributed by atoms with Crippen LogP contribution in [0.3, 0.4) is 0 Å². The summed E-state index contributed by atoms with van der Waals surface area (Å²) < 4.78 is 5.29. The van der Waals surface area contributed by atoms with Crippen LogP contribution in [0.1, 0.15) is 0 Å². The summed E-state index contributed by atoms with van der Waals surface area (Å²) >= 11 is 24.3. The Morgan fingerprint density at radius 3 is 2.28 bits per heavy atom.